The topological polar surface area (TPSA) is 38.0 Å². The Morgan fingerprint density at radius 3 is 2.87 bits per heavy atom. The first-order valence-corrected chi connectivity index (χ1v) is 5.66. The van der Waals surface area contributed by atoms with E-state index in [0.29, 0.717) is 0 Å². The maximum Gasteiger partial charge on any atom is 0.0596 e. The van der Waals surface area contributed by atoms with Gasteiger partial charge in [-0.15, -0.1) is 0 Å². The van der Waals surface area contributed by atoms with Crippen LogP contribution in [0.15, 0.2) is 6.07 Å². The summed E-state index contributed by atoms with van der Waals surface area (Å²) >= 11 is 0. The van der Waals surface area contributed by atoms with Crippen LogP contribution >= 0.6 is 0 Å². The molecular weight excluding hydrogens is 188 g/mol. The molecule has 84 valence electrons. The minimum absolute atomic E-state index is 0.0932. The predicted molar refractivity (Wildman–Crippen MR) is 59.6 cm³/mol. The van der Waals surface area contributed by atoms with Gasteiger partial charge in [-0.3, -0.25) is 4.68 Å². The van der Waals surface area contributed by atoms with E-state index >= 15 is 0 Å². The summed E-state index contributed by atoms with van der Waals surface area (Å²) in [6.07, 6.45) is 3.94. The number of aliphatic hydroxyl groups is 1. The monoisotopic (exact) mass is 208 g/mol. The molecule has 0 aliphatic heterocycles. The summed E-state index contributed by atoms with van der Waals surface area (Å²) in [5.74, 6) is 0. The predicted octanol–water partition coefficient (Wildman–Crippen LogP) is 1.82. The van der Waals surface area contributed by atoms with Crippen LogP contribution in [0.1, 0.15) is 37.6 Å². The third-order valence-electron chi connectivity index (χ3n) is 3.52. The van der Waals surface area contributed by atoms with Crippen molar-refractivity contribution >= 4 is 0 Å². The summed E-state index contributed by atoms with van der Waals surface area (Å²) in [4.78, 5) is 0. The van der Waals surface area contributed by atoms with Crippen LogP contribution in [-0.2, 0) is 13.5 Å². The number of rotatable bonds is 2. The Balaban J connectivity index is 2.11. The summed E-state index contributed by atoms with van der Waals surface area (Å²) in [6, 6.07) is 2.15. The maximum absolute atomic E-state index is 9.59. The van der Waals surface area contributed by atoms with E-state index in [9.17, 15) is 5.11 Å². The first-order chi connectivity index (χ1) is 6.98. The number of aliphatic hydroxyl groups excluding tert-OH is 1. The van der Waals surface area contributed by atoms with E-state index in [1.807, 2.05) is 18.7 Å². The first-order valence-electron chi connectivity index (χ1n) is 5.66. The molecule has 0 saturated heterocycles. The molecule has 1 aliphatic rings. The van der Waals surface area contributed by atoms with Crippen LogP contribution in [0.3, 0.4) is 0 Å². The molecular formula is C12H20N2O. The molecule has 3 heteroatoms. The molecule has 1 aromatic heterocycles. The highest BCUT2D eigenvalue weighted by molar-refractivity contribution is 5.11. The van der Waals surface area contributed by atoms with E-state index < -0.39 is 0 Å². The van der Waals surface area contributed by atoms with Gasteiger partial charge in [0.2, 0.25) is 0 Å². The lowest BCUT2D eigenvalue weighted by molar-refractivity contribution is 0.163. The molecule has 1 heterocycles. The molecule has 1 aliphatic carbocycles. The summed E-state index contributed by atoms with van der Waals surface area (Å²) in [5, 5.41) is 14.0. The van der Waals surface area contributed by atoms with Crippen molar-refractivity contribution in [3.8, 4) is 0 Å². The number of aromatic nitrogens is 2. The third kappa shape index (κ3) is 2.23. The summed E-state index contributed by atoms with van der Waals surface area (Å²) in [6.45, 7) is 4.29. The zero-order valence-corrected chi connectivity index (χ0v) is 9.82. The van der Waals surface area contributed by atoms with Gasteiger partial charge in [-0.25, -0.2) is 0 Å². The second-order valence-corrected chi connectivity index (χ2v) is 5.28. The fraction of sp³-hybridized carbons (Fsp3) is 0.750. The van der Waals surface area contributed by atoms with Crippen LogP contribution in [0, 0.1) is 12.3 Å². The van der Waals surface area contributed by atoms with Crippen LogP contribution in [0.2, 0.25) is 0 Å². The number of nitrogens with zero attached hydrogens (tertiary/aromatic N) is 2. The van der Waals surface area contributed by atoms with Crippen molar-refractivity contribution in [2.75, 3.05) is 0 Å². The average Bonchev–Trinajstić information content (AvgIpc) is 2.58. The number of hydrogen-bond acceptors (Lipinski definition) is 2. The molecule has 0 amide bonds. The van der Waals surface area contributed by atoms with Gasteiger partial charge in [0.1, 0.15) is 0 Å². The van der Waals surface area contributed by atoms with E-state index in [1.165, 1.54) is 5.69 Å². The fourth-order valence-corrected chi connectivity index (χ4v) is 2.72. The van der Waals surface area contributed by atoms with Crippen LogP contribution in [0.4, 0.5) is 0 Å². The van der Waals surface area contributed by atoms with Crippen molar-refractivity contribution in [2.24, 2.45) is 12.5 Å². The SMILES string of the molecule is Cc1cc(CC2(C)CCC(O)C2)n(C)n1. The van der Waals surface area contributed by atoms with Crippen LogP contribution in [0.25, 0.3) is 0 Å². The average molecular weight is 208 g/mol. The van der Waals surface area contributed by atoms with E-state index in [-0.39, 0.29) is 11.5 Å². The highest BCUT2D eigenvalue weighted by Gasteiger charge is 2.34. The minimum Gasteiger partial charge on any atom is -0.393 e. The molecule has 1 aromatic rings. The van der Waals surface area contributed by atoms with Gasteiger partial charge in [0, 0.05) is 12.7 Å². The Labute approximate surface area is 91.1 Å². The van der Waals surface area contributed by atoms with Crippen molar-refractivity contribution in [2.45, 2.75) is 45.6 Å². The molecule has 15 heavy (non-hydrogen) atoms. The summed E-state index contributed by atoms with van der Waals surface area (Å²) in [7, 11) is 2.00. The Bertz CT molecular complexity index is 359. The zero-order chi connectivity index (χ0) is 11.1. The Morgan fingerprint density at radius 2 is 2.40 bits per heavy atom. The molecule has 0 aromatic carbocycles. The van der Waals surface area contributed by atoms with Crippen LogP contribution in [0.5, 0.6) is 0 Å². The molecule has 0 radical (unpaired) electrons. The summed E-state index contributed by atoms with van der Waals surface area (Å²) < 4.78 is 1.96. The molecule has 1 fully saturated rings. The van der Waals surface area contributed by atoms with E-state index in [4.69, 9.17) is 0 Å². The van der Waals surface area contributed by atoms with Gasteiger partial charge >= 0.3 is 0 Å². The van der Waals surface area contributed by atoms with Crippen molar-refractivity contribution in [3.63, 3.8) is 0 Å². The molecule has 0 bridgehead atoms. The molecule has 0 spiro atoms. The Morgan fingerprint density at radius 1 is 1.67 bits per heavy atom. The van der Waals surface area contributed by atoms with Gasteiger partial charge in [0.15, 0.2) is 0 Å². The fourth-order valence-electron chi connectivity index (χ4n) is 2.72. The standard InChI is InChI=1S/C12H20N2O/c1-9-6-10(14(3)13-9)7-12(2)5-4-11(15)8-12/h6,11,15H,4-5,7-8H2,1-3H3. The maximum atomic E-state index is 9.59. The molecule has 1 N–H and O–H groups in total. The second-order valence-electron chi connectivity index (χ2n) is 5.28. The highest BCUT2D eigenvalue weighted by Crippen LogP contribution is 2.40. The molecule has 2 rings (SSSR count). The summed E-state index contributed by atoms with van der Waals surface area (Å²) in [5.41, 5.74) is 2.62. The van der Waals surface area contributed by atoms with Crippen molar-refractivity contribution in [1.82, 2.24) is 9.78 Å². The molecule has 3 nitrogen and oxygen atoms in total. The van der Waals surface area contributed by atoms with Crippen molar-refractivity contribution in [3.05, 3.63) is 17.5 Å². The Hall–Kier alpha value is -0.830. The van der Waals surface area contributed by atoms with Gasteiger partial charge in [-0.05, 0) is 44.1 Å². The van der Waals surface area contributed by atoms with Gasteiger partial charge in [0.05, 0.1) is 11.8 Å². The van der Waals surface area contributed by atoms with Gasteiger partial charge in [-0.2, -0.15) is 5.10 Å². The van der Waals surface area contributed by atoms with Crippen LogP contribution < -0.4 is 0 Å². The van der Waals surface area contributed by atoms with E-state index in [2.05, 4.69) is 18.1 Å². The molecule has 1 saturated carbocycles. The van der Waals surface area contributed by atoms with E-state index in [1.54, 1.807) is 0 Å². The van der Waals surface area contributed by atoms with Gasteiger partial charge < -0.3 is 5.11 Å². The smallest absolute Gasteiger partial charge is 0.0596 e. The highest BCUT2D eigenvalue weighted by atomic mass is 16.3. The lowest BCUT2D eigenvalue weighted by Gasteiger charge is -2.23. The quantitative estimate of drug-likeness (QED) is 0.805. The first kappa shape index (κ1) is 10.7. The second kappa shape index (κ2) is 3.63. The third-order valence-corrected chi connectivity index (χ3v) is 3.52. The number of aryl methyl sites for hydroxylation is 2. The largest absolute Gasteiger partial charge is 0.393 e. The molecule has 2 atom stereocenters. The van der Waals surface area contributed by atoms with Crippen molar-refractivity contribution < 1.29 is 5.11 Å². The lowest BCUT2D eigenvalue weighted by Crippen LogP contribution is -2.18. The van der Waals surface area contributed by atoms with Crippen LogP contribution in [-0.4, -0.2) is 21.0 Å². The molecule has 2 unspecified atom stereocenters. The van der Waals surface area contributed by atoms with Crippen molar-refractivity contribution in [1.29, 1.82) is 0 Å². The van der Waals surface area contributed by atoms with Gasteiger partial charge in [-0.1, -0.05) is 6.92 Å². The minimum atomic E-state index is -0.0932. The number of hydrogen-bond donors (Lipinski definition) is 1. The van der Waals surface area contributed by atoms with Gasteiger partial charge in [0.25, 0.3) is 0 Å². The lowest BCUT2D eigenvalue weighted by atomic mass is 9.83. The van der Waals surface area contributed by atoms with E-state index in [0.717, 1.165) is 31.4 Å². The zero-order valence-electron chi connectivity index (χ0n) is 9.82. The Kier molecular flexibility index (Phi) is 2.59. The normalized spacial score (nSPS) is 31.1.